The number of likely N-dealkylation sites (tertiary alicyclic amines) is 1. The number of aliphatic hydroxyl groups excluding tert-OH is 1. The van der Waals surface area contributed by atoms with E-state index in [1.165, 1.54) is 11.3 Å². The van der Waals surface area contributed by atoms with Crippen LogP contribution in [0.5, 0.6) is 0 Å². The van der Waals surface area contributed by atoms with Crippen LogP contribution in [0.15, 0.2) is 34.1 Å². The van der Waals surface area contributed by atoms with Crippen molar-refractivity contribution in [1.29, 1.82) is 0 Å². The molecular formula is C18H18BrN3O2S. The summed E-state index contributed by atoms with van der Waals surface area (Å²) >= 11 is 4.69. The summed E-state index contributed by atoms with van der Waals surface area (Å²) in [6.45, 7) is 3.36. The van der Waals surface area contributed by atoms with Crippen molar-refractivity contribution < 1.29 is 9.90 Å². The predicted molar refractivity (Wildman–Crippen MR) is 101 cm³/mol. The van der Waals surface area contributed by atoms with Crippen molar-refractivity contribution in [1.82, 2.24) is 15.2 Å². The molecule has 7 heteroatoms. The number of nitrogens with zero attached hydrogens (tertiary/aromatic N) is 2. The number of urea groups is 1. The topological polar surface area (TPSA) is 65.5 Å². The maximum atomic E-state index is 11.9. The number of hydrogen-bond acceptors (Lipinski definition) is 4. The molecule has 1 saturated heterocycles. The Balaban J connectivity index is 1.80. The number of benzene rings is 1. The second-order valence-electron chi connectivity index (χ2n) is 6.04. The number of nitrogens with one attached hydrogen (secondary N) is 1. The molecule has 2 N–H and O–H groups in total. The third kappa shape index (κ3) is 3.56. The summed E-state index contributed by atoms with van der Waals surface area (Å²) < 4.78 is 0.971. The first-order valence-corrected chi connectivity index (χ1v) is 9.54. The van der Waals surface area contributed by atoms with Crippen LogP contribution in [0.1, 0.15) is 35.8 Å². The molecule has 1 aromatic heterocycles. The number of amides is 2. The van der Waals surface area contributed by atoms with Gasteiger partial charge in [-0.05, 0) is 31.0 Å². The number of carbonyl (C=O) groups is 1. The molecule has 0 saturated carbocycles. The summed E-state index contributed by atoms with van der Waals surface area (Å²) in [6, 6.07) is 7.49. The molecule has 1 aliphatic rings. The normalized spacial score (nSPS) is 17.1. The van der Waals surface area contributed by atoms with Gasteiger partial charge in [0.25, 0.3) is 0 Å². The van der Waals surface area contributed by atoms with E-state index in [4.69, 9.17) is 6.42 Å². The van der Waals surface area contributed by atoms with Gasteiger partial charge in [0.1, 0.15) is 5.01 Å². The molecule has 1 aliphatic heterocycles. The molecule has 0 spiro atoms. The second kappa shape index (κ2) is 7.16. The Hall–Kier alpha value is -1.88. The van der Waals surface area contributed by atoms with Crippen molar-refractivity contribution in [3.8, 4) is 12.3 Å². The van der Waals surface area contributed by atoms with Gasteiger partial charge in [-0.1, -0.05) is 34.0 Å². The Bertz CT molecular complexity index is 810. The molecule has 0 aliphatic carbocycles. The molecule has 3 rings (SSSR count). The minimum atomic E-state index is -1.14. The number of aliphatic hydroxyl groups is 1. The molecule has 0 bridgehead atoms. The number of halogens is 1. The van der Waals surface area contributed by atoms with Crippen molar-refractivity contribution in [2.24, 2.45) is 0 Å². The van der Waals surface area contributed by atoms with Gasteiger partial charge in [0.15, 0.2) is 6.23 Å². The molecule has 2 heterocycles. The highest BCUT2D eigenvalue weighted by atomic mass is 79.9. The maximum absolute atomic E-state index is 11.9. The largest absolute Gasteiger partial charge is 0.367 e. The molecule has 0 radical (unpaired) electrons. The SMILES string of the molecule is C#C[C@](C)(c1ccc(Br)cc1)c1csc([C@@H](O)NC(=O)N2CCC2)n1. The van der Waals surface area contributed by atoms with E-state index >= 15 is 0 Å². The standard InChI is InChI=1S/C18H18BrN3O2S/c1-3-18(2,12-5-7-13(19)8-6-12)14-11-25-16(20-14)15(23)21-17(24)22-9-4-10-22/h1,5-8,11,15,23H,4,9-10H2,2H3,(H,21,24)/t15-,18-/m1/s1. The zero-order chi connectivity index (χ0) is 18.0. The molecule has 1 fully saturated rings. The number of aromatic nitrogens is 1. The Kier molecular flexibility index (Phi) is 5.13. The Morgan fingerprint density at radius 1 is 1.48 bits per heavy atom. The first kappa shape index (κ1) is 17.9. The highest BCUT2D eigenvalue weighted by Crippen LogP contribution is 2.33. The van der Waals surface area contributed by atoms with Crippen LogP contribution in [0.25, 0.3) is 0 Å². The Morgan fingerprint density at radius 3 is 2.72 bits per heavy atom. The summed E-state index contributed by atoms with van der Waals surface area (Å²) in [5.41, 5.74) is 0.903. The van der Waals surface area contributed by atoms with Crippen molar-refractivity contribution in [2.75, 3.05) is 13.1 Å². The smallest absolute Gasteiger partial charge is 0.319 e. The molecule has 2 atom stereocenters. The van der Waals surface area contributed by atoms with Crippen molar-refractivity contribution >= 4 is 33.3 Å². The zero-order valence-corrected chi connectivity index (χ0v) is 16.1. The van der Waals surface area contributed by atoms with Gasteiger partial charge in [0, 0.05) is 22.9 Å². The van der Waals surface area contributed by atoms with Crippen LogP contribution in [0.4, 0.5) is 4.79 Å². The summed E-state index contributed by atoms with van der Waals surface area (Å²) in [5.74, 6) is 2.81. The number of rotatable bonds is 4. The molecule has 2 aromatic rings. The Morgan fingerprint density at radius 2 is 2.16 bits per heavy atom. The van der Waals surface area contributed by atoms with Crippen LogP contribution in [0.2, 0.25) is 0 Å². The number of thiazole rings is 1. The van der Waals surface area contributed by atoms with Crippen LogP contribution in [-0.2, 0) is 5.41 Å². The lowest BCUT2D eigenvalue weighted by atomic mass is 9.81. The highest BCUT2D eigenvalue weighted by Gasteiger charge is 2.31. The molecule has 130 valence electrons. The van der Waals surface area contributed by atoms with E-state index in [0.29, 0.717) is 10.7 Å². The first-order chi connectivity index (χ1) is 11.9. The van der Waals surface area contributed by atoms with E-state index in [0.717, 1.165) is 29.5 Å². The third-order valence-corrected chi connectivity index (χ3v) is 5.81. The summed E-state index contributed by atoms with van der Waals surface area (Å²) in [6.07, 6.45) is 5.66. The van der Waals surface area contributed by atoms with Crippen LogP contribution < -0.4 is 5.32 Å². The molecule has 1 aromatic carbocycles. The van der Waals surface area contributed by atoms with Gasteiger partial charge in [-0.15, -0.1) is 17.8 Å². The molecule has 2 amide bonds. The predicted octanol–water partition coefficient (Wildman–Crippen LogP) is 3.25. The van der Waals surface area contributed by atoms with E-state index in [-0.39, 0.29) is 6.03 Å². The maximum Gasteiger partial charge on any atom is 0.319 e. The fraction of sp³-hybridized carbons (Fsp3) is 0.333. The third-order valence-electron chi connectivity index (χ3n) is 4.38. The van der Waals surface area contributed by atoms with E-state index in [9.17, 15) is 9.90 Å². The lowest BCUT2D eigenvalue weighted by Gasteiger charge is -2.31. The van der Waals surface area contributed by atoms with Gasteiger partial charge in [-0.25, -0.2) is 9.78 Å². The van der Waals surface area contributed by atoms with Crippen molar-refractivity contribution in [2.45, 2.75) is 25.0 Å². The average molecular weight is 420 g/mol. The van der Waals surface area contributed by atoms with Gasteiger partial charge in [-0.3, -0.25) is 0 Å². The van der Waals surface area contributed by atoms with Crippen LogP contribution in [0, 0.1) is 12.3 Å². The van der Waals surface area contributed by atoms with Gasteiger partial charge in [0.2, 0.25) is 0 Å². The minimum absolute atomic E-state index is 0.275. The Labute approximate surface area is 159 Å². The lowest BCUT2D eigenvalue weighted by molar-refractivity contribution is 0.113. The van der Waals surface area contributed by atoms with Crippen LogP contribution in [-0.4, -0.2) is 34.1 Å². The van der Waals surface area contributed by atoms with Crippen LogP contribution >= 0.6 is 27.3 Å². The van der Waals surface area contributed by atoms with Gasteiger partial charge in [0.05, 0.1) is 11.1 Å². The second-order valence-corrected chi connectivity index (χ2v) is 7.85. The first-order valence-electron chi connectivity index (χ1n) is 7.87. The minimum Gasteiger partial charge on any atom is -0.367 e. The number of terminal acetylenes is 1. The van der Waals surface area contributed by atoms with Gasteiger partial charge >= 0.3 is 6.03 Å². The molecular weight excluding hydrogens is 402 g/mol. The summed E-state index contributed by atoms with van der Waals surface area (Å²) in [5, 5.41) is 15.1. The van der Waals surface area contributed by atoms with E-state index in [2.05, 4.69) is 32.2 Å². The monoisotopic (exact) mass is 419 g/mol. The average Bonchev–Trinajstić information content (AvgIpc) is 3.03. The van der Waals surface area contributed by atoms with Crippen molar-refractivity contribution in [3.63, 3.8) is 0 Å². The van der Waals surface area contributed by atoms with Crippen LogP contribution in [0.3, 0.4) is 0 Å². The van der Waals surface area contributed by atoms with E-state index in [1.54, 1.807) is 4.90 Å². The summed E-state index contributed by atoms with van der Waals surface area (Å²) in [4.78, 5) is 18.1. The fourth-order valence-electron chi connectivity index (χ4n) is 2.52. The molecule has 5 nitrogen and oxygen atoms in total. The lowest BCUT2D eigenvalue weighted by Crippen LogP contribution is -2.48. The van der Waals surface area contributed by atoms with Gasteiger partial charge in [-0.2, -0.15) is 0 Å². The highest BCUT2D eigenvalue weighted by molar-refractivity contribution is 9.10. The number of hydrogen-bond donors (Lipinski definition) is 2. The fourth-order valence-corrected chi connectivity index (χ4v) is 3.64. The van der Waals surface area contributed by atoms with Gasteiger partial charge < -0.3 is 15.3 Å². The zero-order valence-electron chi connectivity index (χ0n) is 13.7. The quantitative estimate of drug-likeness (QED) is 0.590. The molecule has 25 heavy (non-hydrogen) atoms. The molecule has 0 unspecified atom stereocenters. The van der Waals surface area contributed by atoms with Crippen molar-refractivity contribution in [3.05, 3.63) is 50.4 Å². The van der Waals surface area contributed by atoms with E-state index < -0.39 is 11.6 Å². The number of carbonyl (C=O) groups excluding carboxylic acids is 1. The van der Waals surface area contributed by atoms with E-state index in [1.807, 2.05) is 36.6 Å². The summed E-state index contributed by atoms with van der Waals surface area (Å²) in [7, 11) is 0.